The Bertz CT molecular complexity index is 810. The summed E-state index contributed by atoms with van der Waals surface area (Å²) in [6, 6.07) is 7.35. The maximum Gasteiger partial charge on any atom is 0.250 e. The van der Waals surface area contributed by atoms with Crippen molar-refractivity contribution in [3.8, 4) is 0 Å². The number of hydrogen-bond donors (Lipinski definition) is 2. The number of amidine groups is 1. The number of carbonyl (C=O) groups excluding carboxylic acids is 1. The zero-order valence-electron chi connectivity index (χ0n) is 13.5. The highest BCUT2D eigenvalue weighted by Gasteiger charge is 2.41. The van der Waals surface area contributed by atoms with Crippen LogP contribution in [0.1, 0.15) is 19.4 Å². The second-order valence-corrected chi connectivity index (χ2v) is 6.38. The number of benzene rings is 1. The van der Waals surface area contributed by atoms with Gasteiger partial charge in [0.2, 0.25) is 5.88 Å². The zero-order valence-corrected chi connectivity index (χ0v) is 14.2. The summed E-state index contributed by atoms with van der Waals surface area (Å²) in [5, 5.41) is 13.4. The highest BCUT2D eigenvalue weighted by Crippen LogP contribution is 2.29. The number of hydrogen-bond acceptors (Lipinski definition) is 4. The van der Waals surface area contributed by atoms with E-state index in [-0.39, 0.29) is 11.8 Å². The van der Waals surface area contributed by atoms with E-state index in [9.17, 15) is 9.90 Å². The molecule has 0 fully saturated rings. The van der Waals surface area contributed by atoms with E-state index in [2.05, 4.69) is 10.3 Å². The van der Waals surface area contributed by atoms with Gasteiger partial charge in [-0.25, -0.2) is 0 Å². The SMILES string of the molecule is CC1=CN2C(=NC(O)=CC2(C)C(=O)NCc2ccccc2Cl)C=C1. The number of nitrogens with zero attached hydrogens (tertiary/aromatic N) is 2. The second kappa shape index (κ2) is 6.17. The van der Waals surface area contributed by atoms with E-state index in [4.69, 9.17) is 11.6 Å². The molecule has 1 aromatic rings. The lowest BCUT2D eigenvalue weighted by atomic mass is 9.95. The van der Waals surface area contributed by atoms with Crippen molar-refractivity contribution < 1.29 is 9.90 Å². The number of allylic oxidation sites excluding steroid dienone is 2. The number of carbonyl (C=O) groups is 1. The van der Waals surface area contributed by atoms with E-state index in [1.165, 1.54) is 6.08 Å². The average Bonchev–Trinajstić information content (AvgIpc) is 2.54. The van der Waals surface area contributed by atoms with Gasteiger partial charge in [-0.2, -0.15) is 4.99 Å². The maximum atomic E-state index is 12.9. The Morgan fingerprint density at radius 1 is 1.38 bits per heavy atom. The van der Waals surface area contributed by atoms with E-state index in [1.807, 2.05) is 37.4 Å². The quantitative estimate of drug-likeness (QED) is 0.885. The van der Waals surface area contributed by atoms with Crippen molar-refractivity contribution in [1.29, 1.82) is 0 Å². The Labute approximate surface area is 145 Å². The van der Waals surface area contributed by atoms with Crippen LogP contribution >= 0.6 is 11.6 Å². The monoisotopic (exact) mass is 343 g/mol. The third kappa shape index (κ3) is 2.95. The fourth-order valence-corrected chi connectivity index (χ4v) is 2.91. The first kappa shape index (κ1) is 16.3. The molecule has 1 unspecified atom stereocenters. The van der Waals surface area contributed by atoms with Crippen LogP contribution in [0.2, 0.25) is 5.02 Å². The third-order valence-electron chi connectivity index (χ3n) is 4.07. The van der Waals surface area contributed by atoms with Gasteiger partial charge < -0.3 is 15.3 Å². The molecule has 2 aliphatic heterocycles. The summed E-state index contributed by atoms with van der Waals surface area (Å²) in [5.74, 6) is 0.103. The molecule has 1 aromatic carbocycles. The van der Waals surface area contributed by atoms with Crippen LogP contribution in [0.25, 0.3) is 0 Å². The maximum absolute atomic E-state index is 12.9. The van der Waals surface area contributed by atoms with Gasteiger partial charge in [0, 0.05) is 23.8 Å². The molecule has 2 heterocycles. The lowest BCUT2D eigenvalue weighted by Crippen LogP contribution is -2.57. The molecule has 6 heteroatoms. The highest BCUT2D eigenvalue weighted by atomic mass is 35.5. The van der Waals surface area contributed by atoms with Crippen LogP contribution in [0.5, 0.6) is 0 Å². The molecule has 1 atom stereocenters. The van der Waals surface area contributed by atoms with Gasteiger partial charge in [0.1, 0.15) is 11.4 Å². The lowest BCUT2D eigenvalue weighted by Gasteiger charge is -2.40. The van der Waals surface area contributed by atoms with Crippen molar-refractivity contribution in [2.24, 2.45) is 4.99 Å². The number of fused-ring (bicyclic) bond motifs is 1. The molecule has 1 amide bonds. The van der Waals surface area contributed by atoms with Gasteiger partial charge in [-0.15, -0.1) is 0 Å². The summed E-state index contributed by atoms with van der Waals surface area (Å²) in [7, 11) is 0. The average molecular weight is 344 g/mol. The summed E-state index contributed by atoms with van der Waals surface area (Å²) in [5.41, 5.74) is 0.752. The fraction of sp³-hybridized carbons (Fsp3) is 0.222. The van der Waals surface area contributed by atoms with E-state index >= 15 is 0 Å². The smallest absolute Gasteiger partial charge is 0.250 e. The summed E-state index contributed by atoms with van der Waals surface area (Å²) < 4.78 is 0. The van der Waals surface area contributed by atoms with Gasteiger partial charge in [0.25, 0.3) is 5.91 Å². The van der Waals surface area contributed by atoms with Gasteiger partial charge in [-0.1, -0.05) is 35.9 Å². The van der Waals surface area contributed by atoms with Crippen molar-refractivity contribution in [3.05, 3.63) is 70.7 Å². The lowest BCUT2D eigenvalue weighted by molar-refractivity contribution is -0.127. The fourth-order valence-electron chi connectivity index (χ4n) is 2.70. The second-order valence-electron chi connectivity index (χ2n) is 5.97. The predicted octanol–water partition coefficient (Wildman–Crippen LogP) is 3.30. The molecule has 24 heavy (non-hydrogen) atoms. The molecule has 0 aliphatic carbocycles. The number of halogens is 1. The van der Waals surface area contributed by atoms with E-state index < -0.39 is 5.54 Å². The minimum Gasteiger partial charge on any atom is -0.493 e. The third-order valence-corrected chi connectivity index (χ3v) is 4.44. The molecule has 3 rings (SSSR count). The minimum absolute atomic E-state index is 0.172. The minimum atomic E-state index is -1.07. The van der Waals surface area contributed by atoms with E-state index in [0.29, 0.717) is 17.4 Å². The van der Waals surface area contributed by atoms with Crippen molar-refractivity contribution in [2.45, 2.75) is 25.9 Å². The predicted molar refractivity (Wildman–Crippen MR) is 94.6 cm³/mol. The molecule has 0 saturated heterocycles. The number of nitrogens with one attached hydrogen (secondary N) is 1. The highest BCUT2D eigenvalue weighted by molar-refractivity contribution is 6.31. The topological polar surface area (TPSA) is 64.9 Å². The van der Waals surface area contributed by atoms with Crippen molar-refractivity contribution in [2.75, 3.05) is 0 Å². The Morgan fingerprint density at radius 3 is 2.88 bits per heavy atom. The van der Waals surface area contributed by atoms with Gasteiger partial charge in [0.05, 0.1) is 0 Å². The molecular weight excluding hydrogens is 326 g/mol. The number of aliphatic imine (C=N–C) groups is 1. The first-order valence-corrected chi connectivity index (χ1v) is 7.96. The number of aliphatic hydroxyl groups is 1. The number of aliphatic hydroxyl groups excluding tert-OH is 1. The van der Waals surface area contributed by atoms with Crippen LogP contribution in [0, 0.1) is 0 Å². The molecule has 0 spiro atoms. The molecule has 0 bridgehead atoms. The summed E-state index contributed by atoms with van der Waals surface area (Å²) in [6.07, 6.45) is 6.95. The van der Waals surface area contributed by atoms with Gasteiger partial charge in [-0.3, -0.25) is 4.79 Å². The largest absolute Gasteiger partial charge is 0.493 e. The molecular formula is C18H18ClN3O2. The standard InChI is InChI=1S/C18H18ClN3O2/c1-12-7-8-15-21-16(23)9-18(2,22(15)11-12)17(24)20-10-13-5-3-4-6-14(13)19/h3-9,11,23H,10H2,1-2H3,(H,20,24). The van der Waals surface area contributed by atoms with Gasteiger partial charge >= 0.3 is 0 Å². The first-order valence-electron chi connectivity index (χ1n) is 7.58. The van der Waals surface area contributed by atoms with E-state index in [1.54, 1.807) is 24.0 Å². The Balaban J connectivity index is 1.84. The van der Waals surface area contributed by atoms with Crippen molar-refractivity contribution >= 4 is 23.3 Å². The van der Waals surface area contributed by atoms with Crippen LogP contribution in [-0.4, -0.2) is 27.3 Å². The first-order chi connectivity index (χ1) is 11.4. The molecule has 5 nitrogen and oxygen atoms in total. The molecule has 2 N–H and O–H groups in total. The summed E-state index contributed by atoms with van der Waals surface area (Å²) in [4.78, 5) is 18.7. The van der Waals surface area contributed by atoms with Crippen LogP contribution < -0.4 is 5.32 Å². The zero-order chi connectivity index (χ0) is 17.3. The molecule has 0 saturated carbocycles. The summed E-state index contributed by atoms with van der Waals surface area (Å²) in [6.45, 7) is 3.98. The van der Waals surface area contributed by atoms with Crippen molar-refractivity contribution in [3.63, 3.8) is 0 Å². The van der Waals surface area contributed by atoms with Gasteiger partial charge in [-0.05, 0) is 37.1 Å². The molecule has 0 radical (unpaired) electrons. The van der Waals surface area contributed by atoms with Crippen LogP contribution in [0.3, 0.4) is 0 Å². The van der Waals surface area contributed by atoms with Crippen LogP contribution in [0.15, 0.2) is 65.1 Å². The molecule has 124 valence electrons. The Morgan fingerprint density at radius 2 is 2.12 bits per heavy atom. The molecule has 2 aliphatic rings. The van der Waals surface area contributed by atoms with Gasteiger partial charge in [0.15, 0.2) is 0 Å². The van der Waals surface area contributed by atoms with Crippen LogP contribution in [0.4, 0.5) is 0 Å². The Hall–Kier alpha value is -2.53. The summed E-state index contributed by atoms with van der Waals surface area (Å²) >= 11 is 6.13. The molecule has 0 aromatic heterocycles. The van der Waals surface area contributed by atoms with Crippen molar-refractivity contribution in [1.82, 2.24) is 10.2 Å². The Kier molecular flexibility index (Phi) is 4.20. The van der Waals surface area contributed by atoms with E-state index in [0.717, 1.165) is 11.1 Å². The number of rotatable bonds is 3. The number of amides is 1. The normalized spacial score (nSPS) is 22.3. The van der Waals surface area contributed by atoms with Crippen LogP contribution in [-0.2, 0) is 11.3 Å².